The average Bonchev–Trinajstić information content (AvgIpc) is 3.27. The molecule has 0 fully saturated rings. The number of nitrogens with one attached hydrogen (secondary N) is 1. The number of sulfonamides is 1. The van der Waals surface area contributed by atoms with Crippen LogP contribution in [0.3, 0.4) is 0 Å². The molecule has 0 atom stereocenters. The van der Waals surface area contributed by atoms with Crippen LogP contribution in [0.2, 0.25) is 0 Å². The molecule has 8 heteroatoms. The minimum Gasteiger partial charge on any atom is -0.497 e. The Morgan fingerprint density at radius 3 is 2.23 bits per heavy atom. The summed E-state index contributed by atoms with van der Waals surface area (Å²) in [6.45, 7) is 0. The fourth-order valence-electron chi connectivity index (χ4n) is 3.76. The molecule has 0 saturated heterocycles. The summed E-state index contributed by atoms with van der Waals surface area (Å²) in [6, 6.07) is 29.2. The molecule has 1 heterocycles. The summed E-state index contributed by atoms with van der Waals surface area (Å²) in [5, 5.41) is 2.02. The molecule has 0 radical (unpaired) electrons. The van der Waals surface area contributed by atoms with Gasteiger partial charge in [-0.05, 0) is 66.2 Å². The zero-order valence-electron chi connectivity index (χ0n) is 19.0. The lowest BCUT2D eigenvalue weighted by molar-refractivity contribution is -0.440. The molecule has 5 rings (SSSR count). The molecule has 0 aliphatic carbocycles. The third-order valence-electron chi connectivity index (χ3n) is 5.53. The van der Waals surface area contributed by atoms with E-state index in [1.54, 1.807) is 24.3 Å². The number of methoxy groups -OCH3 is 1. The normalized spacial score (nSPS) is 12.5. The van der Waals surface area contributed by atoms with Gasteiger partial charge in [-0.15, -0.1) is 0 Å². The Labute approximate surface area is 204 Å². The third kappa shape index (κ3) is 5.34. The third-order valence-corrected chi connectivity index (χ3v) is 6.92. The molecular formula is C27H24N3O4S+. The van der Waals surface area contributed by atoms with Crippen LogP contribution in [0.15, 0.2) is 107 Å². The standard InChI is InChI=1S/C27H23N3O4S/c1-33-21-12-14-24(15-13-21)35(31,32)30-20-9-16-25-26(18-20)29-27(28-25)17-19-7-10-23(11-8-19)34-22-5-3-2-4-6-22/h2-16,18,30H,17H2,1H3,(H,28,29)/p+1. The molecule has 0 bridgehead atoms. The number of benzene rings is 4. The number of amidine groups is 1. The van der Waals surface area contributed by atoms with E-state index in [1.165, 1.54) is 19.2 Å². The molecule has 0 saturated carbocycles. The first-order valence-electron chi connectivity index (χ1n) is 11.0. The van der Waals surface area contributed by atoms with Gasteiger partial charge in [0.1, 0.15) is 22.9 Å². The lowest BCUT2D eigenvalue weighted by atomic mass is 10.1. The first-order chi connectivity index (χ1) is 17.0. The Balaban J connectivity index is 1.25. The van der Waals surface area contributed by atoms with Gasteiger partial charge >= 0.3 is 0 Å². The average molecular weight is 487 g/mol. The molecule has 3 N–H and O–H groups in total. The zero-order chi connectivity index (χ0) is 24.3. The number of para-hydroxylation sites is 1. The van der Waals surface area contributed by atoms with Crippen molar-refractivity contribution in [3.63, 3.8) is 0 Å². The molecule has 7 nitrogen and oxygen atoms in total. The molecule has 0 spiro atoms. The largest absolute Gasteiger partial charge is 0.497 e. The van der Waals surface area contributed by atoms with E-state index in [-0.39, 0.29) is 4.90 Å². The SMILES string of the molecule is COc1ccc(S(=O)(=O)Nc2ccc3c(c2)N=C(Cc2ccc(Oc4ccccc4)cc2)[NH2+]3)cc1. The molecule has 1 aliphatic rings. The van der Waals surface area contributed by atoms with Crippen molar-refractivity contribution in [3.05, 3.63) is 103 Å². The molecule has 0 unspecified atom stereocenters. The van der Waals surface area contributed by atoms with Crippen LogP contribution in [0.25, 0.3) is 0 Å². The van der Waals surface area contributed by atoms with Crippen LogP contribution < -0.4 is 19.5 Å². The van der Waals surface area contributed by atoms with Crippen LogP contribution in [0.1, 0.15) is 5.56 Å². The molecule has 0 aromatic heterocycles. The maximum atomic E-state index is 12.7. The van der Waals surface area contributed by atoms with Crippen molar-refractivity contribution in [1.29, 1.82) is 0 Å². The summed E-state index contributed by atoms with van der Waals surface area (Å²) in [7, 11) is -2.19. The van der Waals surface area contributed by atoms with Crippen molar-refractivity contribution >= 4 is 32.9 Å². The van der Waals surface area contributed by atoms with E-state index in [9.17, 15) is 8.42 Å². The van der Waals surface area contributed by atoms with Gasteiger partial charge < -0.3 is 9.47 Å². The van der Waals surface area contributed by atoms with E-state index >= 15 is 0 Å². The van der Waals surface area contributed by atoms with E-state index in [2.05, 4.69) is 4.72 Å². The summed E-state index contributed by atoms with van der Waals surface area (Å²) >= 11 is 0. The van der Waals surface area contributed by atoms with Gasteiger partial charge in [-0.2, -0.15) is 4.99 Å². The minimum absolute atomic E-state index is 0.161. The van der Waals surface area contributed by atoms with Crippen molar-refractivity contribution in [2.45, 2.75) is 11.3 Å². The van der Waals surface area contributed by atoms with Gasteiger partial charge in [-0.3, -0.25) is 10.0 Å². The van der Waals surface area contributed by atoms with Crippen molar-refractivity contribution in [3.8, 4) is 17.2 Å². The quantitative estimate of drug-likeness (QED) is 0.351. The number of fused-ring (bicyclic) bond motifs is 1. The fraction of sp³-hybridized carbons (Fsp3) is 0.0741. The summed E-state index contributed by atoms with van der Waals surface area (Å²) in [4.78, 5) is 4.86. The highest BCUT2D eigenvalue weighted by molar-refractivity contribution is 7.92. The number of nitrogens with two attached hydrogens (primary N) is 1. The number of rotatable bonds is 8. The number of nitrogens with zero attached hydrogens (tertiary/aromatic N) is 1. The highest BCUT2D eigenvalue weighted by atomic mass is 32.2. The van der Waals surface area contributed by atoms with Gasteiger partial charge in [0.2, 0.25) is 5.84 Å². The molecule has 4 aromatic rings. The summed E-state index contributed by atoms with van der Waals surface area (Å²) in [5.41, 5.74) is 3.25. The highest BCUT2D eigenvalue weighted by Crippen LogP contribution is 2.30. The number of quaternary nitrogens is 1. The van der Waals surface area contributed by atoms with Crippen molar-refractivity contribution in [1.82, 2.24) is 0 Å². The Morgan fingerprint density at radius 2 is 1.51 bits per heavy atom. The predicted octanol–water partition coefficient (Wildman–Crippen LogP) is 4.77. The molecule has 35 heavy (non-hydrogen) atoms. The maximum Gasteiger partial charge on any atom is 0.261 e. The van der Waals surface area contributed by atoms with Crippen LogP contribution in [0.4, 0.5) is 17.1 Å². The number of ether oxygens (including phenoxy) is 2. The summed E-state index contributed by atoms with van der Waals surface area (Å²) in [6.07, 6.45) is 0.660. The van der Waals surface area contributed by atoms with Crippen molar-refractivity contribution in [2.75, 3.05) is 11.8 Å². The van der Waals surface area contributed by atoms with Gasteiger partial charge in [0.25, 0.3) is 10.0 Å². The first-order valence-corrected chi connectivity index (χ1v) is 12.5. The molecular weight excluding hydrogens is 462 g/mol. The van der Waals surface area contributed by atoms with Crippen LogP contribution in [0, 0.1) is 0 Å². The van der Waals surface area contributed by atoms with Crippen LogP contribution in [-0.2, 0) is 16.4 Å². The van der Waals surface area contributed by atoms with Gasteiger partial charge in [0.15, 0.2) is 5.69 Å². The van der Waals surface area contributed by atoms with E-state index < -0.39 is 10.0 Å². The minimum atomic E-state index is -3.72. The van der Waals surface area contributed by atoms with E-state index in [4.69, 9.17) is 14.5 Å². The first kappa shape index (κ1) is 22.6. The molecule has 0 amide bonds. The number of hydrogen-bond acceptors (Lipinski definition) is 5. The van der Waals surface area contributed by atoms with Crippen molar-refractivity contribution < 1.29 is 23.2 Å². The van der Waals surface area contributed by atoms with Crippen LogP contribution in [0.5, 0.6) is 17.2 Å². The van der Waals surface area contributed by atoms with Gasteiger partial charge in [-0.25, -0.2) is 8.42 Å². The Hall–Kier alpha value is -4.14. The number of aliphatic imine (C=N–C) groups is 1. The summed E-state index contributed by atoms with van der Waals surface area (Å²) < 4.78 is 39.1. The summed E-state index contributed by atoms with van der Waals surface area (Å²) in [5.74, 6) is 3.07. The van der Waals surface area contributed by atoms with Crippen LogP contribution >= 0.6 is 0 Å². The Bertz CT molecular complexity index is 1470. The molecule has 176 valence electrons. The van der Waals surface area contributed by atoms with E-state index in [0.717, 1.165) is 34.3 Å². The second-order valence-electron chi connectivity index (χ2n) is 8.04. The van der Waals surface area contributed by atoms with Gasteiger partial charge in [0.05, 0.1) is 24.1 Å². The van der Waals surface area contributed by atoms with Crippen molar-refractivity contribution in [2.24, 2.45) is 4.99 Å². The Morgan fingerprint density at radius 1 is 0.829 bits per heavy atom. The van der Waals surface area contributed by atoms with E-state index in [0.29, 0.717) is 17.9 Å². The second-order valence-corrected chi connectivity index (χ2v) is 9.72. The fourth-order valence-corrected chi connectivity index (χ4v) is 4.81. The molecule has 1 aliphatic heterocycles. The van der Waals surface area contributed by atoms with Crippen LogP contribution in [-0.4, -0.2) is 21.4 Å². The topological polar surface area (TPSA) is 93.6 Å². The van der Waals surface area contributed by atoms with E-state index in [1.807, 2.05) is 66.0 Å². The van der Waals surface area contributed by atoms with Gasteiger partial charge in [-0.1, -0.05) is 30.3 Å². The lowest BCUT2D eigenvalue weighted by Gasteiger charge is -2.09. The second kappa shape index (κ2) is 9.61. The zero-order valence-corrected chi connectivity index (χ0v) is 19.8. The maximum absolute atomic E-state index is 12.7. The Kier molecular flexibility index (Phi) is 6.22. The monoisotopic (exact) mass is 486 g/mol. The number of hydrogen-bond donors (Lipinski definition) is 2. The predicted molar refractivity (Wildman–Crippen MR) is 136 cm³/mol. The lowest BCUT2D eigenvalue weighted by Crippen LogP contribution is -2.81. The highest BCUT2D eigenvalue weighted by Gasteiger charge is 2.22. The number of anilines is 1. The van der Waals surface area contributed by atoms with Gasteiger partial charge in [0, 0.05) is 6.07 Å². The molecule has 4 aromatic carbocycles. The smallest absolute Gasteiger partial charge is 0.261 e.